The zero-order chi connectivity index (χ0) is 23.8. The average Bonchev–Trinajstić information content (AvgIpc) is 3.19. The van der Waals surface area contributed by atoms with Crippen LogP contribution in [0.4, 0.5) is 0 Å². The first-order chi connectivity index (χ1) is 16.5. The third-order valence-electron chi connectivity index (χ3n) is 6.84. The highest BCUT2D eigenvalue weighted by molar-refractivity contribution is 6.03. The minimum atomic E-state index is -0.132. The van der Waals surface area contributed by atoms with Crippen LogP contribution in [0.25, 0.3) is 33.2 Å². The Morgan fingerprint density at radius 2 is 1.91 bits per heavy atom. The summed E-state index contributed by atoms with van der Waals surface area (Å²) in [6.45, 7) is 4.66. The molecule has 2 N–H and O–H groups in total. The lowest BCUT2D eigenvalue weighted by atomic mass is 9.77. The van der Waals surface area contributed by atoms with Crippen LogP contribution in [-0.2, 0) is 4.74 Å². The first kappa shape index (κ1) is 22.5. The second-order valence-electron chi connectivity index (χ2n) is 9.14. The van der Waals surface area contributed by atoms with Crippen molar-refractivity contribution in [2.45, 2.75) is 38.8 Å². The molecule has 0 aromatic carbocycles. The van der Waals surface area contributed by atoms with Gasteiger partial charge in [-0.3, -0.25) is 14.5 Å². The lowest BCUT2D eigenvalue weighted by Crippen LogP contribution is -2.39. The van der Waals surface area contributed by atoms with E-state index in [1.807, 2.05) is 16.7 Å². The predicted molar refractivity (Wildman–Crippen MR) is 129 cm³/mol. The number of aromatic nitrogens is 5. The fourth-order valence-electron chi connectivity index (χ4n) is 5.38. The quantitative estimate of drug-likeness (QED) is 0.451. The van der Waals surface area contributed by atoms with Crippen molar-refractivity contribution in [1.82, 2.24) is 24.5 Å². The van der Waals surface area contributed by atoms with Gasteiger partial charge in [0.1, 0.15) is 0 Å². The average molecular weight is 464 g/mol. The molecular formula is C25H29N5O4. The molecule has 4 aromatic rings. The molecule has 9 heteroatoms. The number of methoxy groups -OCH3 is 1. The monoisotopic (exact) mass is 463 g/mol. The smallest absolute Gasteiger partial charge is 0.326 e. The molecule has 5 rings (SSSR count). The molecule has 0 bridgehead atoms. The molecule has 1 fully saturated rings. The van der Waals surface area contributed by atoms with Crippen molar-refractivity contribution >= 4 is 21.9 Å². The number of ether oxygens (including phenoxy) is 2. The summed E-state index contributed by atoms with van der Waals surface area (Å²) in [5, 5.41) is 10.0. The molecule has 34 heavy (non-hydrogen) atoms. The number of nitrogens with zero attached hydrogens (tertiary/aromatic N) is 4. The highest BCUT2D eigenvalue weighted by Gasteiger charge is 2.36. The molecule has 4 aromatic heterocycles. The van der Waals surface area contributed by atoms with Crippen LogP contribution in [0.2, 0.25) is 0 Å². The number of rotatable bonds is 6. The van der Waals surface area contributed by atoms with E-state index in [4.69, 9.17) is 14.6 Å². The number of nitrogens with one attached hydrogen (secondary N) is 1. The van der Waals surface area contributed by atoms with Crippen LogP contribution in [0.3, 0.4) is 0 Å². The minimum Gasteiger partial charge on any atom is -0.481 e. The van der Waals surface area contributed by atoms with E-state index in [-0.39, 0.29) is 36.3 Å². The van der Waals surface area contributed by atoms with Gasteiger partial charge in [0.05, 0.1) is 61.1 Å². The number of aliphatic hydroxyl groups excluding tert-OH is 1. The molecule has 0 saturated heterocycles. The Bertz CT molecular complexity index is 1350. The maximum atomic E-state index is 13.1. The highest BCUT2D eigenvalue weighted by atomic mass is 16.5. The third-order valence-corrected chi connectivity index (χ3v) is 6.84. The fraction of sp³-hybridized carbons (Fsp3) is 0.440. The first-order valence-corrected chi connectivity index (χ1v) is 11.6. The highest BCUT2D eigenvalue weighted by Crippen LogP contribution is 2.39. The molecular weight excluding hydrogens is 434 g/mol. The van der Waals surface area contributed by atoms with Gasteiger partial charge in [-0.05, 0) is 36.8 Å². The van der Waals surface area contributed by atoms with Crippen molar-refractivity contribution in [2.24, 2.45) is 11.8 Å². The molecule has 9 nitrogen and oxygen atoms in total. The summed E-state index contributed by atoms with van der Waals surface area (Å²) in [5.41, 5.74) is 3.76. The number of fused-ring (bicyclic) bond motifs is 3. The number of aromatic amines is 1. The summed E-state index contributed by atoms with van der Waals surface area (Å²) < 4.78 is 13.0. The van der Waals surface area contributed by atoms with Gasteiger partial charge in [-0.1, -0.05) is 13.8 Å². The fourth-order valence-corrected chi connectivity index (χ4v) is 5.38. The van der Waals surface area contributed by atoms with E-state index in [2.05, 4.69) is 33.8 Å². The summed E-state index contributed by atoms with van der Waals surface area (Å²) in [6, 6.07) is 5.71. The van der Waals surface area contributed by atoms with E-state index < -0.39 is 0 Å². The van der Waals surface area contributed by atoms with Gasteiger partial charge in [0.15, 0.2) is 0 Å². The maximum Gasteiger partial charge on any atom is 0.326 e. The van der Waals surface area contributed by atoms with Gasteiger partial charge >= 0.3 is 5.69 Å². The largest absolute Gasteiger partial charge is 0.481 e. The SMILES string of the molecule is COc1ccc(-c2cc3c(cn2)ncc2[nH]c(=O)n(C4CC(C)C(OCCO)C(C)C4)c23)cn1. The maximum absolute atomic E-state index is 13.1. The van der Waals surface area contributed by atoms with Gasteiger partial charge in [0.25, 0.3) is 0 Å². The van der Waals surface area contributed by atoms with Crippen LogP contribution in [0, 0.1) is 11.8 Å². The molecule has 0 spiro atoms. The van der Waals surface area contributed by atoms with Gasteiger partial charge in [0, 0.05) is 29.3 Å². The summed E-state index contributed by atoms with van der Waals surface area (Å²) >= 11 is 0. The van der Waals surface area contributed by atoms with E-state index in [0.717, 1.165) is 40.5 Å². The van der Waals surface area contributed by atoms with Crippen molar-refractivity contribution in [3.63, 3.8) is 0 Å². The third kappa shape index (κ3) is 3.95. The van der Waals surface area contributed by atoms with Crippen molar-refractivity contribution in [2.75, 3.05) is 20.3 Å². The summed E-state index contributed by atoms with van der Waals surface area (Å²) in [6.07, 6.45) is 6.87. The molecule has 178 valence electrons. The van der Waals surface area contributed by atoms with Gasteiger partial charge in [-0.25, -0.2) is 9.78 Å². The van der Waals surface area contributed by atoms with E-state index in [9.17, 15) is 4.79 Å². The standard InChI is InChI=1S/C25H29N5O4/c1-14-8-17(9-15(2)24(14)34-7-6-31)30-23-18-10-19(16-4-5-22(33-3)28-11-16)26-12-20(18)27-13-21(23)29-25(30)32/h4-5,10-15,17,24,31H,6-9H2,1-3H3,(H,29,32). The number of imidazole rings is 1. The lowest BCUT2D eigenvalue weighted by Gasteiger charge is -2.39. The van der Waals surface area contributed by atoms with E-state index >= 15 is 0 Å². The number of hydrogen-bond acceptors (Lipinski definition) is 7. The number of hydrogen-bond donors (Lipinski definition) is 2. The number of aliphatic hydroxyl groups is 1. The molecule has 1 saturated carbocycles. The molecule has 1 aliphatic carbocycles. The Balaban J connectivity index is 1.59. The minimum absolute atomic E-state index is 0.0142. The van der Waals surface area contributed by atoms with Gasteiger partial charge < -0.3 is 19.6 Å². The molecule has 2 unspecified atom stereocenters. The van der Waals surface area contributed by atoms with Crippen LogP contribution in [0.15, 0.2) is 41.6 Å². The lowest BCUT2D eigenvalue weighted by molar-refractivity contribution is -0.0587. The molecule has 0 radical (unpaired) electrons. The van der Waals surface area contributed by atoms with Crippen molar-refractivity contribution in [3.05, 3.63) is 47.3 Å². The van der Waals surface area contributed by atoms with Crippen molar-refractivity contribution in [3.8, 4) is 17.1 Å². The van der Waals surface area contributed by atoms with Gasteiger partial charge in [0.2, 0.25) is 5.88 Å². The number of H-pyrrole nitrogens is 1. The van der Waals surface area contributed by atoms with Gasteiger partial charge in [-0.15, -0.1) is 0 Å². The van der Waals surface area contributed by atoms with Crippen LogP contribution in [-0.4, -0.2) is 56.0 Å². The zero-order valence-corrected chi connectivity index (χ0v) is 19.6. The number of pyridine rings is 3. The summed E-state index contributed by atoms with van der Waals surface area (Å²) in [5.74, 6) is 1.05. The molecule has 0 aliphatic heterocycles. The van der Waals surface area contributed by atoms with E-state index in [1.54, 1.807) is 31.8 Å². The van der Waals surface area contributed by atoms with Crippen LogP contribution < -0.4 is 10.4 Å². The predicted octanol–water partition coefficient (Wildman–Crippen LogP) is 3.33. The van der Waals surface area contributed by atoms with Crippen LogP contribution >= 0.6 is 0 Å². The summed E-state index contributed by atoms with van der Waals surface area (Å²) in [4.78, 5) is 29.5. The second kappa shape index (κ2) is 9.15. The van der Waals surface area contributed by atoms with Crippen molar-refractivity contribution in [1.29, 1.82) is 0 Å². The summed E-state index contributed by atoms with van der Waals surface area (Å²) in [7, 11) is 1.58. The molecule has 1 aliphatic rings. The second-order valence-corrected chi connectivity index (χ2v) is 9.14. The Morgan fingerprint density at radius 3 is 2.59 bits per heavy atom. The zero-order valence-electron chi connectivity index (χ0n) is 19.6. The van der Waals surface area contributed by atoms with E-state index in [1.165, 1.54) is 0 Å². The molecule has 2 atom stereocenters. The van der Waals surface area contributed by atoms with E-state index in [0.29, 0.717) is 18.0 Å². The first-order valence-electron chi connectivity index (χ1n) is 11.6. The topological polar surface area (TPSA) is 115 Å². The normalized spacial score (nSPS) is 22.9. The van der Waals surface area contributed by atoms with Crippen LogP contribution in [0.5, 0.6) is 5.88 Å². The molecule has 0 amide bonds. The van der Waals surface area contributed by atoms with Crippen molar-refractivity contribution < 1.29 is 14.6 Å². The Morgan fingerprint density at radius 1 is 1.12 bits per heavy atom. The van der Waals surface area contributed by atoms with Crippen LogP contribution in [0.1, 0.15) is 32.7 Å². The molecule has 4 heterocycles. The Kier molecular flexibility index (Phi) is 6.05. The van der Waals surface area contributed by atoms with Gasteiger partial charge in [-0.2, -0.15) is 0 Å². The Labute approximate surface area is 196 Å². The Hall–Kier alpha value is -3.30.